The lowest BCUT2D eigenvalue weighted by Crippen LogP contribution is -2.30. The van der Waals surface area contributed by atoms with Crippen molar-refractivity contribution in [2.24, 2.45) is 0 Å². The van der Waals surface area contributed by atoms with Gasteiger partial charge in [0.05, 0.1) is 31.1 Å². The number of nitrogens with one attached hydrogen (secondary N) is 2. The second-order valence-electron chi connectivity index (χ2n) is 12.7. The quantitative estimate of drug-likeness (QED) is 0.197. The lowest BCUT2D eigenvalue weighted by Gasteiger charge is -2.15. The van der Waals surface area contributed by atoms with Crippen LogP contribution in [0.4, 0.5) is 10.2 Å². The number of ether oxygens (including phenoxy) is 1. The summed E-state index contributed by atoms with van der Waals surface area (Å²) in [4.78, 5) is 35.9. The lowest BCUT2D eigenvalue weighted by atomic mass is 9.97. The number of benzene rings is 2. The zero-order chi connectivity index (χ0) is 34.0. The first kappa shape index (κ1) is 32.4. The van der Waals surface area contributed by atoms with Crippen LogP contribution in [0.2, 0.25) is 0 Å². The molecule has 2 N–H and O–H groups in total. The van der Waals surface area contributed by atoms with E-state index in [-0.39, 0.29) is 29.5 Å². The average molecular weight is 653 g/mol. The van der Waals surface area contributed by atoms with Gasteiger partial charge < -0.3 is 24.8 Å². The molecule has 48 heavy (non-hydrogen) atoms. The number of fused-ring (bicyclic) bond motifs is 1. The molecule has 5 aromatic rings. The molecule has 0 saturated carbocycles. The van der Waals surface area contributed by atoms with Crippen LogP contribution in [-0.2, 0) is 23.3 Å². The van der Waals surface area contributed by atoms with E-state index < -0.39 is 11.7 Å². The number of carbonyl (C=O) groups excluding carboxylic acids is 2. The molecule has 1 aliphatic heterocycles. The number of halogens is 1. The maximum atomic E-state index is 15.6. The fraction of sp³-hybridized carbons (Fsp3) is 0.314. The molecule has 0 bridgehead atoms. The van der Waals surface area contributed by atoms with E-state index in [4.69, 9.17) is 14.4 Å². The maximum Gasteiger partial charge on any atom is 0.254 e. The van der Waals surface area contributed by atoms with E-state index in [1.807, 2.05) is 45.0 Å². The fourth-order valence-corrected chi connectivity index (χ4v) is 5.61. The highest BCUT2D eigenvalue weighted by molar-refractivity contribution is 6.02. The smallest absolute Gasteiger partial charge is 0.254 e. The molecule has 0 radical (unpaired) electrons. The normalized spacial score (nSPS) is 14.7. The van der Waals surface area contributed by atoms with Gasteiger partial charge in [0.1, 0.15) is 11.6 Å². The Bertz CT molecular complexity index is 1980. The molecule has 0 spiro atoms. The minimum Gasteiger partial charge on any atom is -0.497 e. The second kappa shape index (κ2) is 13.3. The van der Waals surface area contributed by atoms with Gasteiger partial charge in [0.15, 0.2) is 17.3 Å². The Kier molecular flexibility index (Phi) is 8.94. The lowest BCUT2D eigenvalue weighted by molar-refractivity contribution is -0.125. The summed E-state index contributed by atoms with van der Waals surface area (Å²) in [5, 5.41) is 15.7. The van der Waals surface area contributed by atoms with Crippen molar-refractivity contribution in [1.29, 1.82) is 0 Å². The highest BCUT2D eigenvalue weighted by Crippen LogP contribution is 2.35. The molecule has 12 nitrogen and oxygen atoms in total. The summed E-state index contributed by atoms with van der Waals surface area (Å²) < 4.78 is 28.0. The number of rotatable bonds is 10. The van der Waals surface area contributed by atoms with Gasteiger partial charge in [0, 0.05) is 30.7 Å². The third-order valence-electron chi connectivity index (χ3n) is 8.18. The van der Waals surface area contributed by atoms with E-state index in [0.29, 0.717) is 59.3 Å². The van der Waals surface area contributed by atoms with Crippen molar-refractivity contribution in [2.45, 2.75) is 51.7 Å². The maximum absolute atomic E-state index is 15.6. The van der Waals surface area contributed by atoms with Crippen LogP contribution < -0.4 is 15.4 Å². The third kappa shape index (κ3) is 6.75. The number of carbonyl (C=O) groups is 2. The molecule has 2 aromatic carbocycles. The predicted molar refractivity (Wildman–Crippen MR) is 178 cm³/mol. The van der Waals surface area contributed by atoms with Crippen molar-refractivity contribution in [2.75, 3.05) is 25.5 Å². The van der Waals surface area contributed by atoms with Crippen molar-refractivity contribution in [1.82, 2.24) is 35.1 Å². The van der Waals surface area contributed by atoms with Gasteiger partial charge in [0.2, 0.25) is 11.8 Å². The Labute approximate surface area is 277 Å². The first-order valence-electron chi connectivity index (χ1n) is 15.6. The van der Waals surface area contributed by atoms with Crippen molar-refractivity contribution in [3.05, 3.63) is 96.0 Å². The van der Waals surface area contributed by atoms with Gasteiger partial charge in [-0.15, -0.1) is 0 Å². The van der Waals surface area contributed by atoms with Crippen molar-refractivity contribution < 1.29 is 23.2 Å². The minimum atomic E-state index is -0.687. The summed E-state index contributed by atoms with van der Waals surface area (Å²) in [7, 11) is 1.62. The van der Waals surface area contributed by atoms with Crippen LogP contribution in [0, 0.1) is 5.82 Å². The number of nitrogens with zero attached hydrogens (tertiary/aromatic N) is 6. The second-order valence-corrected chi connectivity index (χ2v) is 12.7. The van der Waals surface area contributed by atoms with Gasteiger partial charge in [-0.2, -0.15) is 10.1 Å². The van der Waals surface area contributed by atoms with E-state index in [9.17, 15) is 9.59 Å². The standard InChI is InChI=1S/C35H37FN8O4/c1-6-29(45)43-16-14-23(20-43)39-31-30-25(13-15-37-32(30)44(41-31)19-21-7-10-24(47-5)11-8-21)22-9-12-26(27(36)17-22)33(46)38-18-28-40-34(48-42-28)35(2,3)4/h6-13,15,17,23H,1,14,16,18-20H2,2-5H3,(H,38,46)(H,39,41)/t23-/m1/s1. The summed E-state index contributed by atoms with van der Waals surface area (Å²) in [6.07, 6.45) is 3.70. The first-order chi connectivity index (χ1) is 23.0. The Hall–Kier alpha value is -5.59. The number of pyridine rings is 1. The summed E-state index contributed by atoms with van der Waals surface area (Å²) in [6, 6.07) is 13.9. The largest absolute Gasteiger partial charge is 0.497 e. The molecule has 6 rings (SSSR count). The molecule has 0 unspecified atom stereocenters. The number of amides is 2. The van der Waals surface area contributed by atoms with Gasteiger partial charge in [-0.1, -0.05) is 50.7 Å². The summed E-state index contributed by atoms with van der Waals surface area (Å²) in [6.45, 7) is 10.9. The molecular formula is C35H37FN8O4. The van der Waals surface area contributed by atoms with Crippen LogP contribution in [0.3, 0.4) is 0 Å². The van der Waals surface area contributed by atoms with Crippen molar-refractivity contribution in [3.8, 4) is 16.9 Å². The van der Waals surface area contributed by atoms with Crippen LogP contribution in [0.5, 0.6) is 5.75 Å². The monoisotopic (exact) mass is 652 g/mol. The Balaban J connectivity index is 1.30. The van der Waals surface area contributed by atoms with Gasteiger partial charge in [-0.25, -0.2) is 14.1 Å². The van der Waals surface area contributed by atoms with E-state index in [0.717, 1.165) is 17.7 Å². The average Bonchev–Trinajstić information content (AvgIpc) is 3.83. The number of likely N-dealkylation sites (tertiary alicyclic amines) is 1. The van der Waals surface area contributed by atoms with Crippen LogP contribution >= 0.6 is 0 Å². The zero-order valence-corrected chi connectivity index (χ0v) is 27.3. The summed E-state index contributed by atoms with van der Waals surface area (Å²) in [5.74, 6) is 0.650. The van der Waals surface area contributed by atoms with E-state index in [1.54, 1.807) is 35.0 Å². The molecule has 13 heteroatoms. The summed E-state index contributed by atoms with van der Waals surface area (Å²) in [5.41, 5.74) is 2.37. The molecule has 248 valence electrons. The van der Waals surface area contributed by atoms with Gasteiger partial charge in [-0.3, -0.25) is 9.59 Å². The van der Waals surface area contributed by atoms with Gasteiger partial charge in [0.25, 0.3) is 5.91 Å². The molecule has 4 heterocycles. The molecular weight excluding hydrogens is 615 g/mol. The van der Waals surface area contributed by atoms with Crippen LogP contribution in [0.25, 0.3) is 22.2 Å². The van der Waals surface area contributed by atoms with E-state index >= 15 is 4.39 Å². The fourth-order valence-electron chi connectivity index (χ4n) is 5.61. The van der Waals surface area contributed by atoms with Gasteiger partial charge >= 0.3 is 0 Å². The highest BCUT2D eigenvalue weighted by atomic mass is 19.1. The topological polar surface area (TPSA) is 140 Å². The Morgan fingerprint density at radius 1 is 1.17 bits per heavy atom. The minimum absolute atomic E-state index is 0.00994. The van der Waals surface area contributed by atoms with Crippen LogP contribution in [0.1, 0.15) is 54.8 Å². The van der Waals surface area contributed by atoms with Crippen molar-refractivity contribution in [3.63, 3.8) is 0 Å². The third-order valence-corrected chi connectivity index (χ3v) is 8.18. The molecule has 1 saturated heterocycles. The predicted octanol–water partition coefficient (Wildman–Crippen LogP) is 5.10. The van der Waals surface area contributed by atoms with Gasteiger partial charge in [-0.05, 0) is 59.5 Å². The Morgan fingerprint density at radius 3 is 2.65 bits per heavy atom. The van der Waals surface area contributed by atoms with Crippen molar-refractivity contribution >= 4 is 28.7 Å². The van der Waals surface area contributed by atoms with Crippen LogP contribution in [-0.4, -0.2) is 67.9 Å². The van der Waals surface area contributed by atoms with Crippen LogP contribution in [0.15, 0.2) is 71.9 Å². The SMILES string of the molecule is C=CC(=O)N1CC[C@@H](Nc2nn(Cc3ccc(OC)cc3)c3nccc(-c4ccc(C(=O)NCc5noc(C(C)(C)C)n5)c(F)c4)c23)C1. The number of hydrogen-bond acceptors (Lipinski definition) is 9. The number of hydrogen-bond donors (Lipinski definition) is 2. The first-order valence-corrected chi connectivity index (χ1v) is 15.6. The summed E-state index contributed by atoms with van der Waals surface area (Å²) >= 11 is 0. The molecule has 2 amide bonds. The van der Waals surface area contributed by atoms with E-state index in [2.05, 4.69) is 32.3 Å². The molecule has 1 atom stereocenters. The highest BCUT2D eigenvalue weighted by Gasteiger charge is 2.28. The molecule has 1 aliphatic rings. The number of anilines is 1. The van der Waals surface area contributed by atoms with E-state index in [1.165, 1.54) is 18.2 Å². The molecule has 3 aromatic heterocycles. The molecule has 0 aliphatic carbocycles. The number of aromatic nitrogens is 5. The zero-order valence-electron chi connectivity index (χ0n) is 27.3. The molecule has 1 fully saturated rings. The number of methoxy groups -OCH3 is 1. The Morgan fingerprint density at radius 2 is 1.96 bits per heavy atom.